The van der Waals surface area contributed by atoms with E-state index < -0.39 is 0 Å². The van der Waals surface area contributed by atoms with Gasteiger partial charge in [0.1, 0.15) is 0 Å². The molecule has 0 aromatic heterocycles. The van der Waals surface area contributed by atoms with Crippen molar-refractivity contribution in [3.05, 3.63) is 0 Å². The molecule has 1 heterocycles. The van der Waals surface area contributed by atoms with Crippen LogP contribution in [0.4, 0.5) is 0 Å². The van der Waals surface area contributed by atoms with Gasteiger partial charge >= 0.3 is 0 Å². The van der Waals surface area contributed by atoms with Crippen molar-refractivity contribution in [3.63, 3.8) is 0 Å². The van der Waals surface area contributed by atoms with Crippen molar-refractivity contribution in [1.82, 2.24) is 9.80 Å². The minimum absolute atomic E-state index is 0.697. The Balaban J connectivity index is 2.19. The first-order valence-electron chi connectivity index (χ1n) is 6.44. The molecule has 0 amide bonds. The lowest BCUT2D eigenvalue weighted by molar-refractivity contribution is 0.118. The summed E-state index contributed by atoms with van der Waals surface area (Å²) in [4.78, 5) is 5.15. The zero-order valence-electron chi connectivity index (χ0n) is 10.4. The van der Waals surface area contributed by atoms with Crippen LogP contribution in [-0.2, 0) is 0 Å². The summed E-state index contributed by atoms with van der Waals surface area (Å²) in [5.74, 6) is 0.697. The Bertz CT molecular complexity index is 149. The van der Waals surface area contributed by atoms with Gasteiger partial charge in [-0.1, -0.05) is 20.3 Å². The molecule has 0 aromatic carbocycles. The summed E-state index contributed by atoms with van der Waals surface area (Å²) in [6, 6.07) is 0. The Morgan fingerprint density at radius 2 is 1.67 bits per heavy atom. The fourth-order valence-corrected chi connectivity index (χ4v) is 2.25. The zero-order valence-corrected chi connectivity index (χ0v) is 10.4. The van der Waals surface area contributed by atoms with Gasteiger partial charge in [-0.15, -0.1) is 0 Å². The molecule has 1 aliphatic rings. The van der Waals surface area contributed by atoms with E-state index in [4.69, 9.17) is 5.73 Å². The molecule has 0 saturated carbocycles. The van der Waals surface area contributed by atoms with Crippen LogP contribution in [0.15, 0.2) is 0 Å². The monoisotopic (exact) mass is 213 g/mol. The van der Waals surface area contributed by atoms with Gasteiger partial charge < -0.3 is 15.5 Å². The molecular formula is C12H27N3. The van der Waals surface area contributed by atoms with Crippen LogP contribution in [0.25, 0.3) is 0 Å². The van der Waals surface area contributed by atoms with Crippen molar-refractivity contribution in [1.29, 1.82) is 0 Å². The molecule has 1 unspecified atom stereocenters. The van der Waals surface area contributed by atoms with Crippen molar-refractivity contribution in [3.8, 4) is 0 Å². The van der Waals surface area contributed by atoms with E-state index in [0.29, 0.717) is 5.92 Å². The highest BCUT2D eigenvalue weighted by Crippen LogP contribution is 2.07. The normalized spacial score (nSPS) is 21.8. The molecule has 0 radical (unpaired) electrons. The lowest BCUT2D eigenvalue weighted by Crippen LogP contribution is -2.48. The molecular weight excluding hydrogens is 186 g/mol. The van der Waals surface area contributed by atoms with E-state index in [9.17, 15) is 0 Å². The first-order valence-corrected chi connectivity index (χ1v) is 6.44. The predicted molar refractivity (Wildman–Crippen MR) is 66.0 cm³/mol. The molecule has 0 aromatic rings. The quantitative estimate of drug-likeness (QED) is 0.714. The van der Waals surface area contributed by atoms with E-state index in [1.54, 1.807) is 0 Å². The number of piperazine rings is 1. The number of hydrogen-bond donors (Lipinski definition) is 1. The van der Waals surface area contributed by atoms with Gasteiger partial charge in [0.2, 0.25) is 0 Å². The van der Waals surface area contributed by atoms with Crippen LogP contribution < -0.4 is 5.73 Å². The first kappa shape index (κ1) is 12.9. The Hall–Kier alpha value is -0.120. The molecule has 2 N–H and O–H groups in total. The summed E-state index contributed by atoms with van der Waals surface area (Å²) in [5, 5.41) is 0. The Morgan fingerprint density at radius 1 is 1.07 bits per heavy atom. The van der Waals surface area contributed by atoms with Crippen LogP contribution >= 0.6 is 0 Å². The van der Waals surface area contributed by atoms with E-state index in [1.165, 1.54) is 52.1 Å². The maximum absolute atomic E-state index is 5.74. The Morgan fingerprint density at radius 3 is 2.13 bits per heavy atom. The third-order valence-electron chi connectivity index (χ3n) is 3.43. The second kappa shape index (κ2) is 7.20. The lowest BCUT2D eigenvalue weighted by Gasteiger charge is -2.36. The predicted octanol–water partition coefficient (Wildman–Crippen LogP) is 0.999. The summed E-state index contributed by atoms with van der Waals surface area (Å²) < 4.78 is 0. The van der Waals surface area contributed by atoms with Crippen molar-refractivity contribution in [2.75, 3.05) is 45.8 Å². The SMILES string of the molecule is CCCN1CCN(CC(CC)CN)CC1. The van der Waals surface area contributed by atoms with Crippen molar-refractivity contribution >= 4 is 0 Å². The molecule has 3 heteroatoms. The average Bonchev–Trinajstić information content (AvgIpc) is 2.28. The molecule has 3 nitrogen and oxygen atoms in total. The van der Waals surface area contributed by atoms with Crippen LogP contribution in [0.3, 0.4) is 0 Å². The minimum atomic E-state index is 0.697. The second-order valence-electron chi connectivity index (χ2n) is 4.65. The number of hydrogen-bond acceptors (Lipinski definition) is 3. The van der Waals surface area contributed by atoms with Crippen LogP contribution in [-0.4, -0.2) is 55.6 Å². The average molecular weight is 213 g/mol. The number of rotatable bonds is 6. The van der Waals surface area contributed by atoms with Crippen LogP contribution in [0, 0.1) is 5.92 Å². The Labute approximate surface area is 94.6 Å². The molecule has 0 bridgehead atoms. The van der Waals surface area contributed by atoms with Gasteiger partial charge in [0.05, 0.1) is 0 Å². The second-order valence-corrected chi connectivity index (χ2v) is 4.65. The lowest BCUT2D eigenvalue weighted by atomic mass is 10.1. The summed E-state index contributed by atoms with van der Waals surface area (Å²) in [6.45, 7) is 12.8. The van der Waals surface area contributed by atoms with E-state index >= 15 is 0 Å². The van der Waals surface area contributed by atoms with Gasteiger partial charge in [0, 0.05) is 32.7 Å². The molecule has 90 valence electrons. The number of nitrogens with zero attached hydrogens (tertiary/aromatic N) is 2. The fourth-order valence-electron chi connectivity index (χ4n) is 2.25. The van der Waals surface area contributed by atoms with Crippen molar-refractivity contribution in [2.24, 2.45) is 11.7 Å². The van der Waals surface area contributed by atoms with Crippen LogP contribution in [0.5, 0.6) is 0 Å². The standard InChI is InChI=1S/C12H27N3/c1-3-5-14-6-8-15(9-7-14)11-12(4-2)10-13/h12H,3-11,13H2,1-2H3. The van der Waals surface area contributed by atoms with Gasteiger partial charge in [-0.3, -0.25) is 0 Å². The van der Waals surface area contributed by atoms with Gasteiger partial charge in [-0.25, -0.2) is 0 Å². The fraction of sp³-hybridized carbons (Fsp3) is 1.00. The highest BCUT2D eigenvalue weighted by Gasteiger charge is 2.17. The Kier molecular flexibility index (Phi) is 6.22. The van der Waals surface area contributed by atoms with Gasteiger partial charge in [-0.2, -0.15) is 0 Å². The molecule has 1 saturated heterocycles. The third kappa shape index (κ3) is 4.49. The topological polar surface area (TPSA) is 32.5 Å². The summed E-state index contributed by atoms with van der Waals surface area (Å²) in [6.07, 6.45) is 2.49. The van der Waals surface area contributed by atoms with Gasteiger partial charge in [0.15, 0.2) is 0 Å². The highest BCUT2D eigenvalue weighted by molar-refractivity contribution is 4.74. The summed E-state index contributed by atoms with van der Waals surface area (Å²) in [7, 11) is 0. The minimum Gasteiger partial charge on any atom is -0.330 e. The van der Waals surface area contributed by atoms with E-state index in [2.05, 4.69) is 23.6 Å². The summed E-state index contributed by atoms with van der Waals surface area (Å²) >= 11 is 0. The van der Waals surface area contributed by atoms with E-state index in [1.807, 2.05) is 0 Å². The maximum atomic E-state index is 5.74. The van der Waals surface area contributed by atoms with Crippen molar-refractivity contribution < 1.29 is 0 Å². The van der Waals surface area contributed by atoms with Crippen LogP contribution in [0.1, 0.15) is 26.7 Å². The van der Waals surface area contributed by atoms with Crippen molar-refractivity contribution in [2.45, 2.75) is 26.7 Å². The van der Waals surface area contributed by atoms with Crippen LogP contribution in [0.2, 0.25) is 0 Å². The van der Waals surface area contributed by atoms with Gasteiger partial charge in [-0.05, 0) is 25.4 Å². The molecule has 1 atom stereocenters. The van der Waals surface area contributed by atoms with E-state index in [0.717, 1.165) is 6.54 Å². The molecule has 1 fully saturated rings. The molecule has 1 aliphatic heterocycles. The highest BCUT2D eigenvalue weighted by atomic mass is 15.3. The first-order chi connectivity index (χ1) is 7.30. The molecule has 0 aliphatic carbocycles. The molecule has 15 heavy (non-hydrogen) atoms. The maximum Gasteiger partial charge on any atom is 0.0110 e. The third-order valence-corrected chi connectivity index (χ3v) is 3.43. The summed E-state index contributed by atoms with van der Waals surface area (Å²) in [5.41, 5.74) is 5.74. The number of nitrogens with two attached hydrogens (primary N) is 1. The molecule has 0 spiro atoms. The van der Waals surface area contributed by atoms with Gasteiger partial charge in [0.25, 0.3) is 0 Å². The molecule has 1 rings (SSSR count). The smallest absolute Gasteiger partial charge is 0.0110 e. The largest absolute Gasteiger partial charge is 0.330 e. The van der Waals surface area contributed by atoms with E-state index in [-0.39, 0.29) is 0 Å². The zero-order chi connectivity index (χ0) is 11.1.